The number of nitrogens with two attached hydrogens (primary N) is 1. The van der Waals surface area contributed by atoms with E-state index in [-0.39, 0.29) is 11.4 Å². The molecule has 0 saturated carbocycles. The molecule has 19 heavy (non-hydrogen) atoms. The van der Waals surface area contributed by atoms with Crippen molar-refractivity contribution >= 4 is 22.7 Å². The Morgan fingerprint density at radius 3 is 2.79 bits per heavy atom. The van der Waals surface area contributed by atoms with Crippen molar-refractivity contribution < 1.29 is 9.90 Å². The van der Waals surface area contributed by atoms with Gasteiger partial charge in [-0.1, -0.05) is 12.1 Å². The van der Waals surface area contributed by atoms with E-state index in [1.54, 1.807) is 18.3 Å². The molecule has 2 heterocycles. The Hall–Kier alpha value is -2.96. The van der Waals surface area contributed by atoms with Gasteiger partial charge >= 0.3 is 5.97 Å². The lowest BCUT2D eigenvalue weighted by Gasteiger charge is -2.01. The fraction of sp³-hybridized carbons (Fsp3) is 0. The summed E-state index contributed by atoms with van der Waals surface area (Å²) in [7, 11) is 0. The number of carbonyl (C=O) groups is 1. The van der Waals surface area contributed by atoms with Crippen LogP contribution < -0.4 is 5.73 Å². The molecule has 0 fully saturated rings. The summed E-state index contributed by atoms with van der Waals surface area (Å²) in [5, 5.41) is 14.0. The fourth-order valence-corrected chi connectivity index (χ4v) is 1.84. The van der Waals surface area contributed by atoms with Gasteiger partial charge in [-0.25, -0.2) is 19.4 Å². The molecule has 2 aromatic heterocycles. The van der Waals surface area contributed by atoms with Crippen molar-refractivity contribution in [3.05, 3.63) is 42.4 Å². The van der Waals surface area contributed by atoms with Gasteiger partial charge in [-0.2, -0.15) is 5.10 Å². The molecule has 0 aliphatic heterocycles. The third-order valence-electron chi connectivity index (χ3n) is 2.69. The van der Waals surface area contributed by atoms with Crippen LogP contribution in [0.2, 0.25) is 0 Å². The Kier molecular flexibility index (Phi) is 2.38. The molecule has 0 spiro atoms. The Bertz CT molecular complexity index is 781. The molecule has 94 valence electrons. The van der Waals surface area contributed by atoms with Crippen molar-refractivity contribution in [2.45, 2.75) is 0 Å². The van der Waals surface area contributed by atoms with Crippen LogP contribution in [-0.4, -0.2) is 30.8 Å². The summed E-state index contributed by atoms with van der Waals surface area (Å²) in [5.41, 5.74) is 6.25. The van der Waals surface area contributed by atoms with Gasteiger partial charge in [-0.05, 0) is 6.07 Å². The molecule has 1 aromatic carbocycles. The summed E-state index contributed by atoms with van der Waals surface area (Å²) in [6.45, 7) is 0. The van der Waals surface area contributed by atoms with Gasteiger partial charge in [0.15, 0.2) is 11.6 Å². The average Bonchev–Trinajstić information content (AvgIpc) is 2.82. The third-order valence-corrected chi connectivity index (χ3v) is 2.69. The minimum atomic E-state index is -1.03. The number of nitrogens with zero attached hydrogens (tertiary/aromatic N) is 4. The van der Waals surface area contributed by atoms with Gasteiger partial charge in [0.05, 0.1) is 5.56 Å². The predicted octanol–water partition coefficient (Wildman–Crippen LogP) is 1.10. The molecule has 0 atom stereocenters. The number of hydrogen-bond donors (Lipinski definition) is 2. The van der Waals surface area contributed by atoms with Crippen LogP contribution in [0.1, 0.15) is 10.4 Å². The van der Waals surface area contributed by atoms with E-state index in [0.29, 0.717) is 16.7 Å². The number of anilines is 1. The van der Waals surface area contributed by atoms with Gasteiger partial charge in [-0.15, -0.1) is 0 Å². The first kappa shape index (κ1) is 11.1. The van der Waals surface area contributed by atoms with Crippen LogP contribution in [0.25, 0.3) is 16.7 Å². The van der Waals surface area contributed by atoms with Crippen molar-refractivity contribution in [3.8, 4) is 5.82 Å². The minimum absolute atomic E-state index is 0.138. The lowest BCUT2D eigenvalue weighted by atomic mass is 10.1. The zero-order chi connectivity index (χ0) is 13.4. The highest BCUT2D eigenvalue weighted by atomic mass is 16.4. The van der Waals surface area contributed by atoms with Gasteiger partial charge in [0.2, 0.25) is 0 Å². The molecule has 0 bridgehead atoms. The molecule has 0 aliphatic carbocycles. The maximum absolute atomic E-state index is 11.1. The number of nitrogen functional groups attached to an aromatic ring is 1. The van der Waals surface area contributed by atoms with Crippen LogP contribution >= 0.6 is 0 Å². The number of aromatic carboxylic acids is 1. The van der Waals surface area contributed by atoms with E-state index < -0.39 is 5.97 Å². The van der Waals surface area contributed by atoms with E-state index in [0.717, 1.165) is 0 Å². The van der Waals surface area contributed by atoms with E-state index in [1.165, 1.54) is 23.1 Å². The van der Waals surface area contributed by atoms with Crippen molar-refractivity contribution in [2.24, 2.45) is 0 Å². The zero-order valence-corrected chi connectivity index (χ0v) is 9.69. The molecule has 0 amide bonds. The number of carboxylic acids is 1. The summed E-state index contributed by atoms with van der Waals surface area (Å²) in [5.74, 6) is -0.426. The van der Waals surface area contributed by atoms with Crippen LogP contribution in [-0.2, 0) is 0 Å². The Morgan fingerprint density at radius 1 is 1.26 bits per heavy atom. The number of rotatable bonds is 2. The maximum atomic E-state index is 11.1. The largest absolute Gasteiger partial charge is 0.478 e. The van der Waals surface area contributed by atoms with E-state index in [2.05, 4.69) is 15.1 Å². The summed E-state index contributed by atoms with van der Waals surface area (Å²) in [6, 6.07) is 4.94. The highest BCUT2D eigenvalue weighted by Gasteiger charge is 2.13. The average molecular weight is 255 g/mol. The summed E-state index contributed by atoms with van der Waals surface area (Å²) in [4.78, 5) is 19.1. The Balaban J connectivity index is 2.26. The van der Waals surface area contributed by atoms with Gasteiger partial charge < -0.3 is 10.8 Å². The Morgan fingerprint density at radius 2 is 2.05 bits per heavy atom. The first-order chi connectivity index (χ1) is 9.16. The van der Waals surface area contributed by atoms with E-state index in [1.807, 2.05) is 0 Å². The lowest BCUT2D eigenvalue weighted by Crippen LogP contribution is -2.05. The second-order valence-electron chi connectivity index (χ2n) is 3.89. The van der Waals surface area contributed by atoms with Crippen LogP contribution in [0.3, 0.4) is 0 Å². The van der Waals surface area contributed by atoms with Crippen LogP contribution in [0.4, 0.5) is 5.82 Å². The third kappa shape index (κ3) is 1.77. The van der Waals surface area contributed by atoms with Crippen LogP contribution in [0.5, 0.6) is 0 Å². The molecular weight excluding hydrogens is 246 g/mol. The maximum Gasteiger partial charge on any atom is 0.337 e. The number of fused-ring (bicyclic) bond motifs is 1. The number of carboxylic acid groups (broad SMARTS) is 1. The smallest absolute Gasteiger partial charge is 0.337 e. The van der Waals surface area contributed by atoms with E-state index in [4.69, 9.17) is 10.8 Å². The molecule has 3 aromatic rings. The van der Waals surface area contributed by atoms with Crippen molar-refractivity contribution in [1.82, 2.24) is 19.7 Å². The molecule has 0 aliphatic rings. The molecule has 7 heteroatoms. The van der Waals surface area contributed by atoms with E-state index in [9.17, 15) is 4.79 Å². The number of hydrogen-bond acceptors (Lipinski definition) is 5. The SMILES string of the molecule is Nc1nccnc1-n1cc2cccc(C(=O)O)c2n1. The molecule has 0 unspecified atom stereocenters. The summed E-state index contributed by atoms with van der Waals surface area (Å²) < 4.78 is 1.43. The minimum Gasteiger partial charge on any atom is -0.478 e. The fourth-order valence-electron chi connectivity index (χ4n) is 1.84. The van der Waals surface area contributed by atoms with Crippen molar-refractivity contribution in [3.63, 3.8) is 0 Å². The molecule has 3 rings (SSSR count). The molecule has 3 N–H and O–H groups in total. The second-order valence-corrected chi connectivity index (χ2v) is 3.89. The van der Waals surface area contributed by atoms with E-state index >= 15 is 0 Å². The van der Waals surface area contributed by atoms with Gasteiger partial charge in [0.1, 0.15) is 5.52 Å². The Labute approximate surface area is 107 Å². The quantitative estimate of drug-likeness (QED) is 0.710. The molecule has 0 radical (unpaired) electrons. The second kappa shape index (κ2) is 4.05. The molecule has 0 saturated heterocycles. The van der Waals surface area contributed by atoms with Gasteiger partial charge in [-0.3, -0.25) is 0 Å². The summed E-state index contributed by atoms with van der Waals surface area (Å²) in [6.07, 6.45) is 4.64. The molecule has 7 nitrogen and oxygen atoms in total. The van der Waals surface area contributed by atoms with Crippen LogP contribution in [0, 0.1) is 0 Å². The van der Waals surface area contributed by atoms with Crippen LogP contribution in [0.15, 0.2) is 36.8 Å². The lowest BCUT2D eigenvalue weighted by molar-refractivity contribution is 0.0699. The van der Waals surface area contributed by atoms with Gasteiger partial charge in [0.25, 0.3) is 0 Å². The summed E-state index contributed by atoms with van der Waals surface area (Å²) >= 11 is 0. The normalized spacial score (nSPS) is 10.7. The number of aromatic nitrogens is 4. The highest BCUT2D eigenvalue weighted by Crippen LogP contribution is 2.20. The first-order valence-corrected chi connectivity index (χ1v) is 5.45. The van der Waals surface area contributed by atoms with Crippen molar-refractivity contribution in [1.29, 1.82) is 0 Å². The highest BCUT2D eigenvalue weighted by molar-refractivity contribution is 6.01. The van der Waals surface area contributed by atoms with Gasteiger partial charge in [0, 0.05) is 24.0 Å². The first-order valence-electron chi connectivity index (χ1n) is 5.45. The monoisotopic (exact) mass is 255 g/mol. The standard InChI is InChI=1S/C12H9N5O2/c13-10-11(15-5-4-14-10)17-6-7-2-1-3-8(12(18)19)9(7)16-17/h1-6H,(H2,13,14)(H,18,19). The molecular formula is C12H9N5O2. The zero-order valence-electron chi connectivity index (χ0n) is 9.69. The predicted molar refractivity (Wildman–Crippen MR) is 68.0 cm³/mol. The number of benzene rings is 1. The van der Waals surface area contributed by atoms with Crippen molar-refractivity contribution in [2.75, 3.05) is 5.73 Å². The topological polar surface area (TPSA) is 107 Å².